The molecule has 0 spiro atoms. The smallest absolute Gasteiger partial charge is 0.254 e. The average molecular weight is 389 g/mol. The Balaban J connectivity index is 1.61. The van der Waals surface area contributed by atoms with E-state index in [1.807, 2.05) is 11.0 Å². The highest BCUT2D eigenvalue weighted by Crippen LogP contribution is 2.19. The summed E-state index contributed by atoms with van der Waals surface area (Å²) in [7, 11) is 0. The SMILES string of the molecule is O=C(CN1CCOCC1)N/N=C/[C@H]1C(=O)NC(=S)N(c2ccccc2)C1=O. The zero-order chi connectivity index (χ0) is 19.2. The summed E-state index contributed by atoms with van der Waals surface area (Å²) < 4.78 is 5.22. The molecule has 0 bridgehead atoms. The van der Waals surface area contributed by atoms with Gasteiger partial charge >= 0.3 is 0 Å². The third kappa shape index (κ3) is 4.73. The van der Waals surface area contributed by atoms with Crippen LogP contribution in [0, 0.1) is 5.92 Å². The summed E-state index contributed by atoms with van der Waals surface area (Å²) in [5.74, 6) is -2.61. The van der Waals surface area contributed by atoms with Gasteiger partial charge in [0.2, 0.25) is 5.91 Å². The first kappa shape index (κ1) is 19.1. The van der Waals surface area contributed by atoms with E-state index < -0.39 is 17.7 Å². The predicted molar refractivity (Wildman–Crippen MR) is 102 cm³/mol. The van der Waals surface area contributed by atoms with Gasteiger partial charge in [0.1, 0.15) is 0 Å². The fourth-order valence-electron chi connectivity index (χ4n) is 2.72. The molecule has 0 radical (unpaired) electrons. The summed E-state index contributed by atoms with van der Waals surface area (Å²) in [4.78, 5) is 39.9. The van der Waals surface area contributed by atoms with Crippen molar-refractivity contribution in [2.45, 2.75) is 0 Å². The molecule has 2 heterocycles. The number of nitrogens with zero attached hydrogens (tertiary/aromatic N) is 3. The molecule has 0 aliphatic carbocycles. The molecular formula is C17H19N5O4S. The molecule has 2 aliphatic rings. The number of benzene rings is 1. The fourth-order valence-corrected chi connectivity index (χ4v) is 3.02. The lowest BCUT2D eigenvalue weighted by atomic mass is 10.1. The average Bonchev–Trinajstić information content (AvgIpc) is 2.66. The highest BCUT2D eigenvalue weighted by molar-refractivity contribution is 7.80. The number of rotatable bonds is 5. The molecule has 1 aromatic rings. The molecule has 1 atom stereocenters. The Morgan fingerprint density at radius 1 is 1.30 bits per heavy atom. The van der Waals surface area contributed by atoms with Crippen molar-refractivity contribution in [1.82, 2.24) is 15.6 Å². The molecule has 2 fully saturated rings. The Bertz CT molecular complexity index is 764. The third-order valence-corrected chi connectivity index (χ3v) is 4.38. The summed E-state index contributed by atoms with van der Waals surface area (Å²) in [6, 6.07) is 8.75. The van der Waals surface area contributed by atoms with Crippen LogP contribution in [0.15, 0.2) is 35.4 Å². The number of thiocarbonyl (C=S) groups is 1. The predicted octanol–water partition coefficient (Wildman–Crippen LogP) is -0.515. The number of hydrogen-bond acceptors (Lipinski definition) is 7. The first-order valence-electron chi connectivity index (χ1n) is 8.42. The van der Waals surface area contributed by atoms with Crippen molar-refractivity contribution in [1.29, 1.82) is 0 Å². The van der Waals surface area contributed by atoms with Gasteiger partial charge in [0.05, 0.1) is 25.4 Å². The van der Waals surface area contributed by atoms with Crippen LogP contribution in [-0.2, 0) is 19.1 Å². The molecule has 1 aromatic carbocycles. The van der Waals surface area contributed by atoms with E-state index in [0.717, 1.165) is 6.21 Å². The molecule has 142 valence electrons. The van der Waals surface area contributed by atoms with Crippen molar-refractivity contribution in [3.05, 3.63) is 30.3 Å². The standard InChI is InChI=1S/C17H19N5O4S/c23-14(11-21-6-8-26-9-7-21)20-18-10-13-15(24)19-17(27)22(16(13)25)12-4-2-1-3-5-12/h1-5,10,13H,6-9,11H2,(H,20,23)(H,19,24,27)/b18-10+/t13-/m0/s1. The Hall–Kier alpha value is -2.69. The number of para-hydroxylation sites is 1. The molecule has 2 N–H and O–H groups in total. The molecule has 9 nitrogen and oxygen atoms in total. The number of hydrazone groups is 1. The lowest BCUT2D eigenvalue weighted by Gasteiger charge is -2.30. The maximum Gasteiger partial charge on any atom is 0.254 e. The highest BCUT2D eigenvalue weighted by atomic mass is 32.1. The number of nitrogens with one attached hydrogen (secondary N) is 2. The van der Waals surface area contributed by atoms with Gasteiger partial charge < -0.3 is 10.1 Å². The van der Waals surface area contributed by atoms with Crippen LogP contribution >= 0.6 is 12.2 Å². The summed E-state index contributed by atoms with van der Waals surface area (Å²) in [6.45, 7) is 2.69. The monoisotopic (exact) mass is 389 g/mol. The molecule has 2 aliphatic heterocycles. The largest absolute Gasteiger partial charge is 0.379 e. The Kier molecular flexibility index (Phi) is 6.22. The van der Waals surface area contributed by atoms with Crippen molar-refractivity contribution in [3.8, 4) is 0 Å². The number of carbonyl (C=O) groups is 3. The van der Waals surface area contributed by atoms with Gasteiger partial charge in [0.15, 0.2) is 11.0 Å². The number of ether oxygens (including phenoxy) is 1. The van der Waals surface area contributed by atoms with Gasteiger partial charge in [0, 0.05) is 19.3 Å². The minimum Gasteiger partial charge on any atom is -0.379 e. The van der Waals surface area contributed by atoms with Crippen LogP contribution < -0.4 is 15.6 Å². The van der Waals surface area contributed by atoms with Gasteiger partial charge in [0.25, 0.3) is 11.8 Å². The Morgan fingerprint density at radius 3 is 2.70 bits per heavy atom. The molecule has 27 heavy (non-hydrogen) atoms. The second-order valence-electron chi connectivity index (χ2n) is 5.98. The molecule has 10 heteroatoms. The molecule has 2 saturated heterocycles. The van der Waals surface area contributed by atoms with Gasteiger partial charge in [-0.15, -0.1) is 0 Å². The summed E-state index contributed by atoms with van der Waals surface area (Å²) in [5, 5.41) is 6.28. The van der Waals surface area contributed by atoms with Crippen LogP contribution in [0.25, 0.3) is 0 Å². The van der Waals surface area contributed by atoms with Crippen LogP contribution in [0.3, 0.4) is 0 Å². The second-order valence-corrected chi connectivity index (χ2v) is 6.37. The maximum absolute atomic E-state index is 12.7. The fraction of sp³-hybridized carbons (Fsp3) is 0.353. The number of carbonyl (C=O) groups excluding carboxylic acids is 3. The summed E-state index contributed by atoms with van der Waals surface area (Å²) in [6.07, 6.45) is 1.12. The summed E-state index contributed by atoms with van der Waals surface area (Å²) in [5.41, 5.74) is 2.89. The van der Waals surface area contributed by atoms with Crippen molar-refractivity contribution in [3.63, 3.8) is 0 Å². The van der Waals surface area contributed by atoms with E-state index in [1.165, 1.54) is 4.90 Å². The van der Waals surface area contributed by atoms with E-state index in [4.69, 9.17) is 17.0 Å². The minimum atomic E-state index is -1.18. The van der Waals surface area contributed by atoms with Crippen molar-refractivity contribution in [2.75, 3.05) is 37.7 Å². The van der Waals surface area contributed by atoms with E-state index in [-0.39, 0.29) is 17.6 Å². The Morgan fingerprint density at radius 2 is 2.00 bits per heavy atom. The normalized spacial score (nSPS) is 21.4. The van der Waals surface area contributed by atoms with Gasteiger partial charge in [-0.3, -0.25) is 24.2 Å². The van der Waals surface area contributed by atoms with Gasteiger partial charge in [-0.2, -0.15) is 5.10 Å². The van der Waals surface area contributed by atoms with E-state index in [9.17, 15) is 14.4 Å². The van der Waals surface area contributed by atoms with Crippen LogP contribution in [0.2, 0.25) is 0 Å². The van der Waals surface area contributed by atoms with Crippen molar-refractivity contribution >= 4 is 47.0 Å². The van der Waals surface area contributed by atoms with Crippen LogP contribution in [-0.4, -0.2) is 66.8 Å². The zero-order valence-corrected chi connectivity index (χ0v) is 15.3. The lowest BCUT2D eigenvalue weighted by molar-refractivity contribution is -0.130. The second kappa shape index (κ2) is 8.80. The van der Waals surface area contributed by atoms with E-state index in [1.54, 1.807) is 24.3 Å². The first-order chi connectivity index (χ1) is 13.1. The third-order valence-electron chi connectivity index (χ3n) is 4.10. The topological polar surface area (TPSA) is 103 Å². The molecular weight excluding hydrogens is 370 g/mol. The van der Waals surface area contributed by atoms with Crippen LogP contribution in [0.5, 0.6) is 0 Å². The van der Waals surface area contributed by atoms with Crippen molar-refractivity contribution < 1.29 is 19.1 Å². The van der Waals surface area contributed by atoms with Crippen LogP contribution in [0.1, 0.15) is 0 Å². The van der Waals surface area contributed by atoms with E-state index in [2.05, 4.69) is 15.8 Å². The van der Waals surface area contributed by atoms with Crippen molar-refractivity contribution in [2.24, 2.45) is 11.0 Å². The molecule has 0 unspecified atom stereocenters. The molecule has 0 saturated carbocycles. The number of anilines is 1. The Labute approximate surface area is 161 Å². The summed E-state index contributed by atoms with van der Waals surface area (Å²) >= 11 is 5.10. The van der Waals surface area contributed by atoms with Crippen LogP contribution in [0.4, 0.5) is 5.69 Å². The molecule has 3 amide bonds. The number of hydrogen-bond donors (Lipinski definition) is 2. The van der Waals surface area contributed by atoms with E-state index in [0.29, 0.717) is 32.0 Å². The quantitative estimate of drug-likeness (QED) is 0.304. The molecule has 0 aromatic heterocycles. The molecule has 3 rings (SSSR count). The number of amides is 3. The van der Waals surface area contributed by atoms with E-state index >= 15 is 0 Å². The van der Waals surface area contributed by atoms with Gasteiger partial charge in [-0.25, -0.2) is 5.43 Å². The zero-order valence-electron chi connectivity index (χ0n) is 14.5. The van der Waals surface area contributed by atoms with Gasteiger partial charge in [-0.05, 0) is 24.4 Å². The lowest BCUT2D eigenvalue weighted by Crippen LogP contribution is -2.58. The maximum atomic E-state index is 12.7. The first-order valence-corrected chi connectivity index (χ1v) is 8.83. The highest BCUT2D eigenvalue weighted by Gasteiger charge is 2.38. The number of morpholine rings is 1. The minimum absolute atomic E-state index is 0.0113. The van der Waals surface area contributed by atoms with Gasteiger partial charge in [-0.1, -0.05) is 18.2 Å².